The molecule has 2 heteroatoms. The molecule has 0 radical (unpaired) electrons. The minimum Gasteiger partial charge on any atom is -0.431 e. The lowest BCUT2D eigenvalue weighted by atomic mass is 9.90. The smallest absolute Gasteiger partial charge is 0.307 e. The molecule has 0 aromatic rings. The lowest BCUT2D eigenvalue weighted by Crippen LogP contribution is -2.13. The van der Waals surface area contributed by atoms with Crippen LogP contribution in [0, 0.1) is 5.92 Å². The van der Waals surface area contributed by atoms with Crippen molar-refractivity contribution in [3.8, 4) is 0 Å². The zero-order valence-electron chi connectivity index (χ0n) is 8.02. The molecule has 0 heterocycles. The van der Waals surface area contributed by atoms with Gasteiger partial charge in [-0.2, -0.15) is 0 Å². The third-order valence-corrected chi connectivity index (χ3v) is 2.31. The van der Waals surface area contributed by atoms with Gasteiger partial charge in [0.25, 0.3) is 0 Å². The van der Waals surface area contributed by atoms with Gasteiger partial charge >= 0.3 is 5.97 Å². The van der Waals surface area contributed by atoms with Gasteiger partial charge in [-0.3, -0.25) is 4.79 Å². The van der Waals surface area contributed by atoms with E-state index in [-0.39, 0.29) is 5.97 Å². The van der Waals surface area contributed by atoms with Crippen molar-refractivity contribution in [3.63, 3.8) is 0 Å². The number of allylic oxidation sites excluding steroid dienone is 2. The van der Waals surface area contributed by atoms with Gasteiger partial charge in [0.15, 0.2) is 0 Å². The van der Waals surface area contributed by atoms with E-state index in [1.165, 1.54) is 18.9 Å². The van der Waals surface area contributed by atoms with Crippen LogP contribution in [-0.4, -0.2) is 5.97 Å². The molecular formula is C10H16O2. The predicted octanol–water partition coefficient (Wildman–Crippen LogP) is 2.64. The molecule has 1 aliphatic rings. The highest BCUT2D eigenvalue weighted by Crippen LogP contribution is 2.30. The summed E-state index contributed by atoms with van der Waals surface area (Å²) in [4.78, 5) is 10.7. The molecule has 0 saturated carbocycles. The van der Waals surface area contributed by atoms with Crippen molar-refractivity contribution in [1.29, 1.82) is 0 Å². The minimum atomic E-state index is -0.196. The van der Waals surface area contributed by atoms with Crippen molar-refractivity contribution >= 4 is 5.97 Å². The molecule has 0 N–H and O–H groups in total. The zero-order valence-corrected chi connectivity index (χ0v) is 8.02. The van der Waals surface area contributed by atoms with Crippen LogP contribution in [0.25, 0.3) is 0 Å². The summed E-state index contributed by atoms with van der Waals surface area (Å²) in [6, 6.07) is 0. The molecular weight excluding hydrogens is 152 g/mol. The Morgan fingerprint density at radius 2 is 2.25 bits per heavy atom. The van der Waals surface area contributed by atoms with Crippen LogP contribution in [0.2, 0.25) is 0 Å². The minimum absolute atomic E-state index is 0.196. The highest BCUT2D eigenvalue weighted by Gasteiger charge is 2.19. The molecule has 0 aromatic heterocycles. The molecule has 0 fully saturated rings. The molecule has 0 bridgehead atoms. The van der Waals surface area contributed by atoms with Gasteiger partial charge in [0.05, 0.1) is 0 Å². The lowest BCUT2D eigenvalue weighted by molar-refractivity contribution is -0.137. The second-order valence-electron chi connectivity index (χ2n) is 3.53. The summed E-state index contributed by atoms with van der Waals surface area (Å²) >= 11 is 0. The van der Waals surface area contributed by atoms with Crippen LogP contribution in [0.3, 0.4) is 0 Å². The standard InChI is InChI=1S/C10H16O2/c1-7-5-4-6-8(2)10(7)12-9(3)11/h7H,4-6H2,1-3H3/t7-/m1/s1. The van der Waals surface area contributed by atoms with Crippen LogP contribution in [0.4, 0.5) is 0 Å². The third-order valence-electron chi connectivity index (χ3n) is 2.31. The molecule has 0 aliphatic heterocycles. The summed E-state index contributed by atoms with van der Waals surface area (Å²) in [5.74, 6) is 1.13. The van der Waals surface area contributed by atoms with Crippen LogP contribution < -0.4 is 0 Å². The van der Waals surface area contributed by atoms with Gasteiger partial charge in [-0.25, -0.2) is 0 Å². The van der Waals surface area contributed by atoms with Crippen LogP contribution in [0.1, 0.15) is 40.0 Å². The van der Waals surface area contributed by atoms with Gasteiger partial charge < -0.3 is 4.74 Å². The summed E-state index contributed by atoms with van der Waals surface area (Å²) in [5, 5.41) is 0. The fourth-order valence-electron chi connectivity index (χ4n) is 1.69. The van der Waals surface area contributed by atoms with E-state index >= 15 is 0 Å². The molecule has 0 spiro atoms. The van der Waals surface area contributed by atoms with Crippen molar-refractivity contribution in [3.05, 3.63) is 11.3 Å². The Morgan fingerprint density at radius 3 is 2.75 bits per heavy atom. The maximum atomic E-state index is 10.7. The van der Waals surface area contributed by atoms with E-state index in [9.17, 15) is 4.79 Å². The number of ether oxygens (including phenoxy) is 1. The Bertz CT molecular complexity index is 216. The fourth-order valence-corrected chi connectivity index (χ4v) is 1.69. The van der Waals surface area contributed by atoms with E-state index in [4.69, 9.17) is 4.74 Å². The maximum absolute atomic E-state index is 10.7. The predicted molar refractivity (Wildman–Crippen MR) is 47.5 cm³/mol. The average Bonchev–Trinajstić information content (AvgIpc) is 1.97. The Balaban J connectivity index is 2.74. The van der Waals surface area contributed by atoms with Crippen molar-refractivity contribution in [2.75, 3.05) is 0 Å². The van der Waals surface area contributed by atoms with Gasteiger partial charge in [-0.05, 0) is 31.8 Å². The summed E-state index contributed by atoms with van der Waals surface area (Å²) in [6.45, 7) is 5.62. The Labute approximate surface area is 73.6 Å². The summed E-state index contributed by atoms with van der Waals surface area (Å²) in [6.07, 6.45) is 3.44. The number of hydrogen-bond acceptors (Lipinski definition) is 2. The molecule has 1 aliphatic carbocycles. The normalized spacial score (nSPS) is 24.1. The molecule has 1 atom stereocenters. The van der Waals surface area contributed by atoms with Gasteiger partial charge in [0, 0.05) is 12.8 Å². The first kappa shape index (κ1) is 9.30. The van der Waals surface area contributed by atoms with Crippen molar-refractivity contribution in [2.45, 2.75) is 40.0 Å². The van der Waals surface area contributed by atoms with Gasteiger partial charge in [0.1, 0.15) is 5.76 Å². The third kappa shape index (κ3) is 2.10. The summed E-state index contributed by atoms with van der Waals surface area (Å²) in [5.41, 5.74) is 1.24. The van der Waals surface area contributed by atoms with Gasteiger partial charge in [-0.1, -0.05) is 6.92 Å². The van der Waals surface area contributed by atoms with Gasteiger partial charge in [0.2, 0.25) is 0 Å². The van der Waals surface area contributed by atoms with Crippen molar-refractivity contribution in [2.24, 2.45) is 5.92 Å². The Hall–Kier alpha value is -0.790. The molecule has 1 rings (SSSR count). The van der Waals surface area contributed by atoms with E-state index in [1.807, 2.05) is 6.92 Å². The number of hydrogen-bond donors (Lipinski definition) is 0. The molecule has 2 nitrogen and oxygen atoms in total. The molecule has 0 aromatic carbocycles. The van der Waals surface area contributed by atoms with Crippen LogP contribution in [0.15, 0.2) is 11.3 Å². The van der Waals surface area contributed by atoms with Crippen LogP contribution >= 0.6 is 0 Å². The van der Waals surface area contributed by atoms with E-state index in [0.29, 0.717) is 5.92 Å². The van der Waals surface area contributed by atoms with Crippen LogP contribution in [0.5, 0.6) is 0 Å². The SMILES string of the molecule is CC(=O)OC1=C(C)CCC[C@H]1C. The highest BCUT2D eigenvalue weighted by molar-refractivity contribution is 5.67. The second-order valence-corrected chi connectivity index (χ2v) is 3.53. The molecule has 0 saturated heterocycles. The molecule has 0 amide bonds. The topological polar surface area (TPSA) is 26.3 Å². The van der Waals surface area contributed by atoms with E-state index in [1.54, 1.807) is 0 Å². The monoisotopic (exact) mass is 168 g/mol. The number of esters is 1. The maximum Gasteiger partial charge on any atom is 0.307 e. The molecule has 0 unspecified atom stereocenters. The number of carbonyl (C=O) groups excluding carboxylic acids is 1. The van der Waals surface area contributed by atoms with Crippen molar-refractivity contribution < 1.29 is 9.53 Å². The lowest BCUT2D eigenvalue weighted by Gasteiger charge is -2.22. The van der Waals surface area contributed by atoms with Crippen molar-refractivity contribution in [1.82, 2.24) is 0 Å². The Kier molecular flexibility index (Phi) is 2.90. The van der Waals surface area contributed by atoms with E-state index in [0.717, 1.165) is 18.6 Å². The largest absolute Gasteiger partial charge is 0.431 e. The first-order chi connectivity index (χ1) is 5.61. The number of carbonyl (C=O) groups is 1. The summed E-state index contributed by atoms with van der Waals surface area (Å²) in [7, 11) is 0. The molecule has 12 heavy (non-hydrogen) atoms. The van der Waals surface area contributed by atoms with E-state index in [2.05, 4.69) is 6.92 Å². The first-order valence-corrected chi connectivity index (χ1v) is 4.49. The Morgan fingerprint density at radius 1 is 1.58 bits per heavy atom. The van der Waals surface area contributed by atoms with Crippen LogP contribution in [-0.2, 0) is 9.53 Å². The zero-order chi connectivity index (χ0) is 9.14. The first-order valence-electron chi connectivity index (χ1n) is 4.49. The van der Waals surface area contributed by atoms with Gasteiger partial charge in [-0.15, -0.1) is 0 Å². The highest BCUT2D eigenvalue weighted by atomic mass is 16.5. The fraction of sp³-hybridized carbons (Fsp3) is 0.700. The molecule has 68 valence electrons. The number of rotatable bonds is 1. The quantitative estimate of drug-likeness (QED) is 0.562. The second kappa shape index (κ2) is 3.74. The average molecular weight is 168 g/mol. The summed E-state index contributed by atoms with van der Waals surface area (Å²) < 4.78 is 5.16. The van der Waals surface area contributed by atoms with E-state index < -0.39 is 0 Å².